The number of aromatic nitrogens is 2. The Balaban J connectivity index is 2.15. The van der Waals surface area contributed by atoms with Crippen molar-refractivity contribution in [2.75, 3.05) is 6.61 Å². The van der Waals surface area contributed by atoms with Gasteiger partial charge in [-0.3, -0.25) is 4.79 Å². The molecule has 1 aliphatic heterocycles. The van der Waals surface area contributed by atoms with Crippen LogP contribution in [0.1, 0.15) is 21.6 Å². The Morgan fingerprint density at radius 1 is 1.35 bits per heavy atom. The molecule has 0 unspecified atom stereocenters. The number of hydrogen-bond donors (Lipinski definition) is 0. The summed E-state index contributed by atoms with van der Waals surface area (Å²) in [7, 11) is 0. The van der Waals surface area contributed by atoms with Gasteiger partial charge in [0.05, 0.1) is 30.8 Å². The van der Waals surface area contributed by atoms with Gasteiger partial charge in [0.25, 0.3) is 0 Å². The summed E-state index contributed by atoms with van der Waals surface area (Å²) in [6.45, 7) is 1.32. The number of carbonyl (C=O) groups excluding carboxylic acids is 1. The van der Waals surface area contributed by atoms with Gasteiger partial charge in [-0.2, -0.15) is 5.10 Å². The maximum atomic E-state index is 11.0. The lowest BCUT2D eigenvalue weighted by Crippen LogP contribution is -2.13. The van der Waals surface area contributed by atoms with Gasteiger partial charge in [-0.05, 0) is 12.1 Å². The van der Waals surface area contributed by atoms with E-state index in [2.05, 4.69) is 5.10 Å². The Labute approximate surface area is 98.8 Å². The minimum absolute atomic E-state index is 0.610. The zero-order valence-electron chi connectivity index (χ0n) is 9.30. The van der Waals surface area contributed by atoms with Crippen LogP contribution in [0.3, 0.4) is 0 Å². The van der Waals surface area contributed by atoms with E-state index in [4.69, 9.17) is 4.74 Å². The van der Waals surface area contributed by atoms with Gasteiger partial charge in [0, 0.05) is 17.5 Å². The highest BCUT2D eigenvalue weighted by atomic mass is 16.5. The smallest absolute Gasteiger partial charge is 0.152 e. The molecular weight excluding hydrogens is 216 g/mol. The molecule has 1 aromatic heterocycles. The lowest BCUT2D eigenvalue weighted by atomic mass is 10.1. The van der Waals surface area contributed by atoms with Crippen molar-refractivity contribution in [1.29, 1.82) is 0 Å². The van der Waals surface area contributed by atoms with Crippen LogP contribution in [0.25, 0.3) is 5.69 Å². The molecule has 0 saturated heterocycles. The third-order valence-electron chi connectivity index (χ3n) is 2.99. The first kappa shape index (κ1) is 10.2. The van der Waals surface area contributed by atoms with Crippen molar-refractivity contribution >= 4 is 6.29 Å². The standard InChI is InChI=1S/C13H12N2O2/c16-8-10-3-1-2-4-12(10)15-13-5-6-17-9-11(13)7-14-15/h1-4,7-8H,5-6,9H2. The number of hydrogen-bond acceptors (Lipinski definition) is 3. The fourth-order valence-electron chi connectivity index (χ4n) is 2.13. The van der Waals surface area contributed by atoms with Crippen LogP contribution in [0.2, 0.25) is 0 Å². The second-order valence-corrected chi connectivity index (χ2v) is 4.01. The van der Waals surface area contributed by atoms with Crippen molar-refractivity contribution in [1.82, 2.24) is 9.78 Å². The predicted octanol–water partition coefficient (Wildman–Crippen LogP) is 1.76. The van der Waals surface area contributed by atoms with Crippen LogP contribution in [0.4, 0.5) is 0 Å². The van der Waals surface area contributed by atoms with E-state index in [9.17, 15) is 4.79 Å². The molecule has 0 atom stereocenters. The zero-order chi connectivity index (χ0) is 11.7. The van der Waals surface area contributed by atoms with Gasteiger partial charge in [0.15, 0.2) is 6.29 Å². The van der Waals surface area contributed by atoms with E-state index in [0.717, 1.165) is 29.7 Å². The first-order valence-electron chi connectivity index (χ1n) is 5.58. The van der Waals surface area contributed by atoms with Gasteiger partial charge < -0.3 is 4.74 Å². The molecule has 0 bridgehead atoms. The Kier molecular flexibility index (Phi) is 2.49. The van der Waals surface area contributed by atoms with Crippen LogP contribution in [-0.2, 0) is 17.8 Å². The molecule has 4 nitrogen and oxygen atoms in total. The zero-order valence-corrected chi connectivity index (χ0v) is 9.30. The van der Waals surface area contributed by atoms with E-state index in [1.807, 2.05) is 29.1 Å². The van der Waals surface area contributed by atoms with Gasteiger partial charge >= 0.3 is 0 Å². The van der Waals surface area contributed by atoms with Gasteiger partial charge in [0.1, 0.15) is 0 Å². The topological polar surface area (TPSA) is 44.1 Å². The largest absolute Gasteiger partial charge is 0.376 e. The van der Waals surface area contributed by atoms with Crippen molar-refractivity contribution in [3.05, 3.63) is 47.3 Å². The number of para-hydroxylation sites is 1. The van der Waals surface area contributed by atoms with E-state index >= 15 is 0 Å². The van der Waals surface area contributed by atoms with Crippen LogP contribution < -0.4 is 0 Å². The highest BCUT2D eigenvalue weighted by molar-refractivity contribution is 5.80. The van der Waals surface area contributed by atoms with Crippen LogP contribution in [-0.4, -0.2) is 22.7 Å². The molecule has 2 heterocycles. The second-order valence-electron chi connectivity index (χ2n) is 4.01. The molecular formula is C13H12N2O2. The van der Waals surface area contributed by atoms with E-state index < -0.39 is 0 Å². The maximum absolute atomic E-state index is 11.0. The number of carbonyl (C=O) groups is 1. The number of rotatable bonds is 2. The third-order valence-corrected chi connectivity index (χ3v) is 2.99. The van der Waals surface area contributed by atoms with E-state index in [0.29, 0.717) is 18.8 Å². The summed E-state index contributed by atoms with van der Waals surface area (Å²) in [6, 6.07) is 7.48. The van der Waals surface area contributed by atoms with E-state index in [1.54, 1.807) is 6.07 Å². The van der Waals surface area contributed by atoms with Crippen LogP contribution in [0.15, 0.2) is 30.5 Å². The fourth-order valence-corrected chi connectivity index (χ4v) is 2.13. The number of nitrogens with zero attached hydrogens (tertiary/aromatic N) is 2. The van der Waals surface area contributed by atoms with Crippen LogP contribution >= 0.6 is 0 Å². The normalized spacial score (nSPS) is 14.4. The molecule has 17 heavy (non-hydrogen) atoms. The lowest BCUT2D eigenvalue weighted by molar-refractivity contribution is 0.109. The van der Waals surface area contributed by atoms with Crippen molar-refractivity contribution in [3.8, 4) is 5.69 Å². The minimum Gasteiger partial charge on any atom is -0.376 e. The van der Waals surface area contributed by atoms with Gasteiger partial charge in [-0.25, -0.2) is 4.68 Å². The summed E-state index contributed by atoms with van der Waals surface area (Å²) in [6.07, 6.45) is 3.52. The monoisotopic (exact) mass is 228 g/mol. The van der Waals surface area contributed by atoms with E-state index in [1.165, 1.54) is 0 Å². The molecule has 0 N–H and O–H groups in total. The highest BCUT2D eigenvalue weighted by Crippen LogP contribution is 2.21. The average molecular weight is 228 g/mol. The SMILES string of the molecule is O=Cc1ccccc1-n1ncc2c1CCOC2. The average Bonchev–Trinajstić information content (AvgIpc) is 2.82. The van der Waals surface area contributed by atoms with Gasteiger partial charge in [-0.15, -0.1) is 0 Å². The molecule has 0 saturated carbocycles. The molecule has 86 valence electrons. The van der Waals surface area contributed by atoms with Gasteiger partial charge in [0.2, 0.25) is 0 Å². The predicted molar refractivity (Wildman–Crippen MR) is 62.3 cm³/mol. The summed E-state index contributed by atoms with van der Waals surface area (Å²) >= 11 is 0. The van der Waals surface area contributed by atoms with Crippen molar-refractivity contribution in [3.63, 3.8) is 0 Å². The molecule has 1 aromatic carbocycles. The summed E-state index contributed by atoms with van der Waals surface area (Å²) in [5, 5.41) is 4.35. The second kappa shape index (κ2) is 4.14. The quantitative estimate of drug-likeness (QED) is 0.736. The third kappa shape index (κ3) is 1.66. The molecule has 4 heteroatoms. The molecule has 0 radical (unpaired) electrons. The van der Waals surface area contributed by atoms with E-state index in [-0.39, 0.29) is 0 Å². The number of fused-ring (bicyclic) bond motifs is 1. The Hall–Kier alpha value is -1.94. The summed E-state index contributed by atoms with van der Waals surface area (Å²) in [5.74, 6) is 0. The summed E-state index contributed by atoms with van der Waals surface area (Å²) in [4.78, 5) is 11.0. The lowest BCUT2D eigenvalue weighted by Gasteiger charge is -2.15. The molecule has 0 amide bonds. The number of benzene rings is 1. The minimum atomic E-state index is 0.610. The molecule has 0 spiro atoms. The molecule has 0 aliphatic carbocycles. The number of aldehydes is 1. The molecule has 1 aliphatic rings. The van der Waals surface area contributed by atoms with Crippen LogP contribution in [0.5, 0.6) is 0 Å². The Bertz CT molecular complexity index is 560. The first-order valence-corrected chi connectivity index (χ1v) is 5.58. The van der Waals surface area contributed by atoms with Gasteiger partial charge in [-0.1, -0.05) is 12.1 Å². The fraction of sp³-hybridized carbons (Fsp3) is 0.231. The first-order chi connectivity index (χ1) is 8.40. The van der Waals surface area contributed by atoms with Crippen molar-refractivity contribution in [2.45, 2.75) is 13.0 Å². The molecule has 2 aromatic rings. The van der Waals surface area contributed by atoms with Crippen molar-refractivity contribution < 1.29 is 9.53 Å². The number of ether oxygens (including phenoxy) is 1. The molecule has 0 fully saturated rings. The summed E-state index contributed by atoms with van der Waals surface area (Å²) < 4.78 is 7.23. The van der Waals surface area contributed by atoms with Crippen molar-refractivity contribution in [2.24, 2.45) is 0 Å². The molecule has 3 rings (SSSR count). The Morgan fingerprint density at radius 3 is 3.12 bits per heavy atom. The van der Waals surface area contributed by atoms with Crippen LogP contribution in [0, 0.1) is 0 Å². The maximum Gasteiger partial charge on any atom is 0.152 e. The Morgan fingerprint density at radius 2 is 2.24 bits per heavy atom. The highest BCUT2D eigenvalue weighted by Gasteiger charge is 2.17. The summed E-state index contributed by atoms with van der Waals surface area (Å²) in [5.41, 5.74) is 3.75.